The van der Waals surface area contributed by atoms with E-state index in [4.69, 9.17) is 6.42 Å². The molecular formula is C11H10N2O3. The van der Waals surface area contributed by atoms with Gasteiger partial charge in [-0.2, -0.15) is 0 Å². The molecule has 1 rings (SSSR count). The summed E-state index contributed by atoms with van der Waals surface area (Å²) in [5.74, 6) is 1.86. The Morgan fingerprint density at radius 2 is 2.31 bits per heavy atom. The van der Waals surface area contributed by atoms with Crippen molar-refractivity contribution in [2.24, 2.45) is 0 Å². The zero-order chi connectivity index (χ0) is 12.1. The van der Waals surface area contributed by atoms with Crippen molar-refractivity contribution in [2.75, 3.05) is 6.54 Å². The lowest BCUT2D eigenvalue weighted by Crippen LogP contribution is -2.24. The maximum Gasteiger partial charge on any atom is 0.273 e. The van der Waals surface area contributed by atoms with E-state index in [0.29, 0.717) is 5.56 Å². The number of rotatable bonds is 3. The van der Waals surface area contributed by atoms with Crippen molar-refractivity contribution in [3.63, 3.8) is 0 Å². The Morgan fingerprint density at radius 1 is 1.62 bits per heavy atom. The van der Waals surface area contributed by atoms with Gasteiger partial charge in [-0.05, 0) is 13.0 Å². The number of hydrogen-bond acceptors (Lipinski definition) is 3. The van der Waals surface area contributed by atoms with E-state index < -0.39 is 10.8 Å². The van der Waals surface area contributed by atoms with Gasteiger partial charge in [0, 0.05) is 17.2 Å². The number of amides is 1. The molecule has 82 valence electrons. The van der Waals surface area contributed by atoms with Crippen molar-refractivity contribution in [2.45, 2.75) is 6.92 Å². The van der Waals surface area contributed by atoms with Crippen molar-refractivity contribution in [1.82, 2.24) is 5.32 Å². The first-order chi connectivity index (χ1) is 7.57. The minimum atomic E-state index is -0.521. The van der Waals surface area contributed by atoms with E-state index in [9.17, 15) is 14.9 Å². The molecule has 1 amide bonds. The number of nitrogens with one attached hydrogen (secondary N) is 1. The van der Waals surface area contributed by atoms with Crippen LogP contribution in [0.5, 0.6) is 0 Å². The van der Waals surface area contributed by atoms with E-state index >= 15 is 0 Å². The summed E-state index contributed by atoms with van der Waals surface area (Å²) < 4.78 is 0. The van der Waals surface area contributed by atoms with E-state index in [1.165, 1.54) is 25.1 Å². The van der Waals surface area contributed by atoms with Gasteiger partial charge in [0.1, 0.15) is 0 Å². The molecule has 0 saturated heterocycles. The highest BCUT2D eigenvalue weighted by molar-refractivity contribution is 5.96. The van der Waals surface area contributed by atoms with Crippen LogP contribution in [0.15, 0.2) is 18.2 Å². The molecular weight excluding hydrogens is 208 g/mol. The molecule has 5 nitrogen and oxygen atoms in total. The summed E-state index contributed by atoms with van der Waals surface area (Å²) in [6, 6.07) is 4.34. The van der Waals surface area contributed by atoms with Crippen LogP contribution in [-0.4, -0.2) is 17.4 Å². The van der Waals surface area contributed by atoms with E-state index in [-0.39, 0.29) is 17.8 Å². The van der Waals surface area contributed by atoms with Crippen LogP contribution in [-0.2, 0) is 0 Å². The van der Waals surface area contributed by atoms with Gasteiger partial charge in [-0.1, -0.05) is 12.0 Å². The molecule has 5 heteroatoms. The van der Waals surface area contributed by atoms with Crippen LogP contribution in [0.2, 0.25) is 0 Å². The Morgan fingerprint density at radius 3 is 2.88 bits per heavy atom. The highest BCUT2D eigenvalue weighted by atomic mass is 16.6. The fraction of sp³-hybridized carbons (Fsp3) is 0.182. The normalized spacial score (nSPS) is 9.25. The fourth-order valence-corrected chi connectivity index (χ4v) is 1.29. The van der Waals surface area contributed by atoms with Crippen molar-refractivity contribution in [3.05, 3.63) is 39.4 Å². The smallest absolute Gasteiger partial charge is 0.273 e. The predicted molar refractivity (Wildman–Crippen MR) is 59.0 cm³/mol. The van der Waals surface area contributed by atoms with Gasteiger partial charge in [0.2, 0.25) is 0 Å². The summed E-state index contributed by atoms with van der Waals surface area (Å²) in [4.78, 5) is 21.7. The van der Waals surface area contributed by atoms with Crippen LogP contribution in [0, 0.1) is 29.4 Å². The summed E-state index contributed by atoms with van der Waals surface area (Å²) in [6.07, 6.45) is 5.00. The number of nitro benzene ring substituents is 1. The van der Waals surface area contributed by atoms with E-state index in [0.717, 1.165) is 0 Å². The highest BCUT2D eigenvalue weighted by Crippen LogP contribution is 2.20. The molecule has 0 aliphatic rings. The third-order valence-electron chi connectivity index (χ3n) is 2.10. The Labute approximate surface area is 92.6 Å². The van der Waals surface area contributed by atoms with Crippen LogP contribution < -0.4 is 5.32 Å². The van der Waals surface area contributed by atoms with Gasteiger partial charge in [-0.3, -0.25) is 14.9 Å². The number of carbonyl (C=O) groups is 1. The number of terminal acetylenes is 1. The minimum Gasteiger partial charge on any atom is -0.341 e. The molecule has 0 saturated carbocycles. The van der Waals surface area contributed by atoms with Crippen LogP contribution in [0.4, 0.5) is 5.69 Å². The lowest BCUT2D eigenvalue weighted by atomic mass is 10.1. The Bertz CT molecular complexity index is 475. The predicted octanol–water partition coefficient (Wildman–Crippen LogP) is 1.27. The molecule has 0 spiro atoms. The zero-order valence-corrected chi connectivity index (χ0v) is 8.69. The molecule has 0 bridgehead atoms. The third kappa shape index (κ3) is 2.36. The van der Waals surface area contributed by atoms with Gasteiger partial charge < -0.3 is 5.32 Å². The molecule has 1 aromatic rings. The van der Waals surface area contributed by atoms with Crippen molar-refractivity contribution in [3.8, 4) is 12.3 Å². The number of carbonyl (C=O) groups excluding carboxylic acids is 1. The SMILES string of the molecule is C#CCNC(=O)c1cccc([N+](=O)[O-])c1C. The van der Waals surface area contributed by atoms with Gasteiger partial charge >= 0.3 is 0 Å². The molecule has 0 aliphatic heterocycles. The van der Waals surface area contributed by atoms with Crippen molar-refractivity contribution < 1.29 is 9.72 Å². The van der Waals surface area contributed by atoms with Crippen LogP contribution >= 0.6 is 0 Å². The quantitative estimate of drug-likeness (QED) is 0.471. The lowest BCUT2D eigenvalue weighted by molar-refractivity contribution is -0.385. The first-order valence-corrected chi connectivity index (χ1v) is 4.53. The average Bonchev–Trinajstić information content (AvgIpc) is 2.25. The first-order valence-electron chi connectivity index (χ1n) is 4.53. The third-order valence-corrected chi connectivity index (χ3v) is 2.10. The van der Waals surface area contributed by atoms with Gasteiger partial charge in [0.05, 0.1) is 11.5 Å². The summed E-state index contributed by atoms with van der Waals surface area (Å²) in [6.45, 7) is 1.63. The first kappa shape index (κ1) is 11.7. The second kappa shape index (κ2) is 4.94. The minimum absolute atomic E-state index is 0.0756. The molecule has 0 aliphatic carbocycles. The average molecular weight is 218 g/mol. The topological polar surface area (TPSA) is 72.2 Å². The van der Waals surface area contributed by atoms with Gasteiger partial charge in [-0.15, -0.1) is 6.42 Å². The maximum atomic E-state index is 11.6. The van der Waals surface area contributed by atoms with E-state index in [2.05, 4.69) is 11.2 Å². The van der Waals surface area contributed by atoms with E-state index in [1.807, 2.05) is 0 Å². The number of nitrogens with zero attached hydrogens (tertiary/aromatic N) is 1. The second-order valence-corrected chi connectivity index (χ2v) is 3.09. The number of nitro groups is 1. The molecule has 1 aromatic carbocycles. The molecule has 0 unspecified atom stereocenters. The Kier molecular flexibility index (Phi) is 3.62. The van der Waals surface area contributed by atoms with Crippen molar-refractivity contribution >= 4 is 11.6 Å². The molecule has 0 radical (unpaired) electrons. The van der Waals surface area contributed by atoms with Crippen LogP contribution in [0.3, 0.4) is 0 Å². The fourth-order valence-electron chi connectivity index (χ4n) is 1.29. The Balaban J connectivity index is 3.07. The largest absolute Gasteiger partial charge is 0.341 e. The van der Waals surface area contributed by atoms with Crippen molar-refractivity contribution in [1.29, 1.82) is 0 Å². The standard InChI is InChI=1S/C11H10N2O3/c1-3-7-12-11(14)9-5-4-6-10(8(9)2)13(15)16/h1,4-6H,7H2,2H3,(H,12,14). The van der Waals surface area contributed by atoms with Gasteiger partial charge in [0.25, 0.3) is 11.6 Å². The van der Waals surface area contributed by atoms with Crippen LogP contribution in [0.25, 0.3) is 0 Å². The maximum absolute atomic E-state index is 11.6. The molecule has 1 N–H and O–H groups in total. The summed E-state index contributed by atoms with van der Waals surface area (Å²) in [7, 11) is 0. The monoisotopic (exact) mass is 218 g/mol. The van der Waals surface area contributed by atoms with E-state index in [1.54, 1.807) is 0 Å². The molecule has 0 aromatic heterocycles. The Hall–Kier alpha value is -2.35. The van der Waals surface area contributed by atoms with Crippen LogP contribution in [0.1, 0.15) is 15.9 Å². The molecule has 0 fully saturated rings. The second-order valence-electron chi connectivity index (χ2n) is 3.09. The lowest BCUT2D eigenvalue weighted by Gasteiger charge is -2.05. The summed E-state index contributed by atoms with van der Waals surface area (Å²) in [5, 5.41) is 13.1. The highest BCUT2D eigenvalue weighted by Gasteiger charge is 2.17. The molecule has 16 heavy (non-hydrogen) atoms. The number of benzene rings is 1. The molecule has 0 heterocycles. The zero-order valence-electron chi connectivity index (χ0n) is 8.69. The number of hydrogen-bond donors (Lipinski definition) is 1. The molecule has 0 atom stereocenters. The summed E-state index contributed by atoms with van der Waals surface area (Å²) in [5.41, 5.74) is 0.528. The summed E-state index contributed by atoms with van der Waals surface area (Å²) >= 11 is 0. The van der Waals surface area contributed by atoms with Gasteiger partial charge in [-0.25, -0.2) is 0 Å². The van der Waals surface area contributed by atoms with Gasteiger partial charge in [0.15, 0.2) is 0 Å².